The van der Waals surface area contributed by atoms with Gasteiger partial charge in [0.2, 0.25) is 0 Å². The molecule has 0 saturated carbocycles. The van der Waals surface area contributed by atoms with Gasteiger partial charge in [0, 0.05) is 18.3 Å². The van der Waals surface area contributed by atoms with Crippen molar-refractivity contribution in [2.45, 2.75) is 13.0 Å². The average Bonchev–Trinajstić information content (AvgIpc) is 2.53. The highest BCUT2D eigenvalue weighted by atomic mass is 19.1. The number of methoxy groups -OCH3 is 1. The first kappa shape index (κ1) is 16.4. The number of nitro benzene ring substituents is 1. The van der Waals surface area contributed by atoms with Crippen molar-refractivity contribution in [1.82, 2.24) is 0 Å². The highest BCUT2D eigenvalue weighted by Gasteiger charge is 2.14. The second-order valence-corrected chi connectivity index (χ2v) is 4.84. The molecule has 0 fully saturated rings. The van der Waals surface area contributed by atoms with Gasteiger partial charge in [0.05, 0.1) is 24.0 Å². The summed E-state index contributed by atoms with van der Waals surface area (Å²) in [7, 11) is 1.31. The third-order valence-electron chi connectivity index (χ3n) is 3.22. The molecule has 2 aromatic rings. The largest absolute Gasteiger partial charge is 0.469 e. The highest BCUT2D eigenvalue weighted by molar-refractivity contribution is 5.72. The van der Waals surface area contributed by atoms with Crippen molar-refractivity contribution >= 4 is 17.3 Å². The van der Waals surface area contributed by atoms with Crippen LogP contribution in [0, 0.1) is 15.9 Å². The number of carbonyl (C=O) groups is 1. The third-order valence-corrected chi connectivity index (χ3v) is 3.22. The van der Waals surface area contributed by atoms with Crippen molar-refractivity contribution in [2.75, 3.05) is 12.4 Å². The fourth-order valence-electron chi connectivity index (χ4n) is 2.10. The standard InChI is InChI=1S/C16H15FN2O4/c1-23-16(20)8-11-3-2-4-14(7-11)18-10-12-9-13(17)5-6-15(12)19(21)22/h2-7,9,18H,8,10H2,1H3. The first-order chi connectivity index (χ1) is 11.0. The van der Waals surface area contributed by atoms with E-state index in [9.17, 15) is 19.3 Å². The van der Waals surface area contributed by atoms with E-state index in [-0.39, 0.29) is 30.2 Å². The molecule has 0 amide bonds. The molecule has 2 aromatic carbocycles. The van der Waals surface area contributed by atoms with Crippen LogP contribution in [-0.2, 0) is 22.5 Å². The van der Waals surface area contributed by atoms with Gasteiger partial charge >= 0.3 is 5.97 Å². The molecule has 0 atom stereocenters. The number of ether oxygens (including phenoxy) is 1. The van der Waals surface area contributed by atoms with Crippen molar-refractivity contribution in [1.29, 1.82) is 0 Å². The monoisotopic (exact) mass is 318 g/mol. The van der Waals surface area contributed by atoms with Crippen LogP contribution in [0.25, 0.3) is 0 Å². The predicted molar refractivity (Wildman–Crippen MR) is 82.5 cm³/mol. The Morgan fingerprint density at radius 1 is 1.30 bits per heavy atom. The molecule has 0 saturated heterocycles. The van der Waals surface area contributed by atoms with Gasteiger partial charge in [-0.2, -0.15) is 0 Å². The molecule has 23 heavy (non-hydrogen) atoms. The molecule has 1 N–H and O–H groups in total. The zero-order valence-corrected chi connectivity index (χ0v) is 12.4. The molecule has 0 aromatic heterocycles. The predicted octanol–water partition coefficient (Wildman–Crippen LogP) is 3.06. The molecule has 0 spiro atoms. The lowest BCUT2D eigenvalue weighted by Crippen LogP contribution is -2.06. The maximum Gasteiger partial charge on any atom is 0.309 e. The summed E-state index contributed by atoms with van der Waals surface area (Å²) < 4.78 is 17.9. The Hall–Kier alpha value is -2.96. The van der Waals surface area contributed by atoms with Crippen LogP contribution in [0.1, 0.15) is 11.1 Å². The highest BCUT2D eigenvalue weighted by Crippen LogP contribution is 2.21. The van der Waals surface area contributed by atoms with Crippen LogP contribution in [0.4, 0.5) is 15.8 Å². The minimum atomic E-state index is -0.551. The maximum absolute atomic E-state index is 13.3. The van der Waals surface area contributed by atoms with Gasteiger partial charge in [0.15, 0.2) is 0 Å². The lowest BCUT2D eigenvalue weighted by molar-refractivity contribution is -0.385. The van der Waals surface area contributed by atoms with Crippen molar-refractivity contribution < 1.29 is 18.8 Å². The molecule has 0 unspecified atom stereocenters. The summed E-state index contributed by atoms with van der Waals surface area (Å²) in [4.78, 5) is 21.7. The van der Waals surface area contributed by atoms with Gasteiger partial charge in [-0.3, -0.25) is 14.9 Å². The van der Waals surface area contributed by atoms with Gasteiger partial charge in [-0.25, -0.2) is 4.39 Å². The van der Waals surface area contributed by atoms with Crippen LogP contribution < -0.4 is 5.32 Å². The molecule has 0 aliphatic rings. The minimum Gasteiger partial charge on any atom is -0.469 e. The molecule has 6 nitrogen and oxygen atoms in total. The Balaban J connectivity index is 2.12. The van der Waals surface area contributed by atoms with Crippen molar-refractivity contribution in [3.63, 3.8) is 0 Å². The van der Waals surface area contributed by atoms with Crippen molar-refractivity contribution in [3.05, 3.63) is 69.5 Å². The number of nitrogens with zero attached hydrogens (tertiary/aromatic N) is 1. The lowest BCUT2D eigenvalue weighted by Gasteiger charge is -2.09. The number of nitro groups is 1. The van der Waals surface area contributed by atoms with Crippen LogP contribution in [0.2, 0.25) is 0 Å². The number of nitrogens with one attached hydrogen (secondary N) is 1. The van der Waals surface area contributed by atoms with E-state index >= 15 is 0 Å². The van der Waals surface area contributed by atoms with Gasteiger partial charge in [0.1, 0.15) is 5.82 Å². The fourth-order valence-corrected chi connectivity index (χ4v) is 2.10. The molecule has 0 heterocycles. The van der Waals surface area contributed by atoms with E-state index in [1.165, 1.54) is 7.11 Å². The topological polar surface area (TPSA) is 81.5 Å². The Bertz CT molecular complexity index is 734. The molecule has 0 aliphatic heterocycles. The molecule has 120 valence electrons. The van der Waals surface area contributed by atoms with Crippen LogP contribution in [0.3, 0.4) is 0 Å². The van der Waals surface area contributed by atoms with E-state index in [0.29, 0.717) is 5.69 Å². The summed E-state index contributed by atoms with van der Waals surface area (Å²) in [6.07, 6.45) is 0.131. The van der Waals surface area contributed by atoms with Gasteiger partial charge < -0.3 is 10.1 Å². The first-order valence-corrected chi connectivity index (χ1v) is 6.82. The van der Waals surface area contributed by atoms with Gasteiger partial charge in [-0.1, -0.05) is 12.1 Å². The van der Waals surface area contributed by atoms with Gasteiger partial charge in [-0.05, 0) is 29.8 Å². The molecule has 0 bridgehead atoms. The number of hydrogen-bond donors (Lipinski definition) is 1. The second kappa shape index (κ2) is 7.35. The SMILES string of the molecule is COC(=O)Cc1cccc(NCc2cc(F)ccc2[N+](=O)[O-])c1. The van der Waals surface area contributed by atoms with Crippen LogP contribution in [0.15, 0.2) is 42.5 Å². The zero-order valence-electron chi connectivity index (χ0n) is 12.4. The normalized spacial score (nSPS) is 10.2. The molecule has 7 heteroatoms. The molecular formula is C16H15FN2O4. The summed E-state index contributed by atoms with van der Waals surface area (Å²) in [5.41, 5.74) is 1.51. The Labute approximate surface area is 132 Å². The summed E-state index contributed by atoms with van der Waals surface area (Å²) in [5.74, 6) is -0.894. The van der Waals surface area contributed by atoms with E-state index in [0.717, 1.165) is 23.8 Å². The van der Waals surface area contributed by atoms with E-state index in [1.54, 1.807) is 24.3 Å². The summed E-state index contributed by atoms with van der Waals surface area (Å²) in [6, 6.07) is 10.3. The Morgan fingerprint density at radius 2 is 2.09 bits per heavy atom. The van der Waals surface area contributed by atoms with E-state index in [4.69, 9.17) is 0 Å². The van der Waals surface area contributed by atoms with Crippen LogP contribution in [-0.4, -0.2) is 18.0 Å². The summed E-state index contributed by atoms with van der Waals surface area (Å²) >= 11 is 0. The van der Waals surface area contributed by atoms with Gasteiger partial charge in [0.25, 0.3) is 5.69 Å². The number of esters is 1. The summed E-state index contributed by atoms with van der Waals surface area (Å²) in [6.45, 7) is 0.0930. The number of halogens is 1. The number of hydrogen-bond acceptors (Lipinski definition) is 5. The Morgan fingerprint density at radius 3 is 2.78 bits per heavy atom. The molecule has 0 radical (unpaired) electrons. The Kier molecular flexibility index (Phi) is 5.24. The molecule has 2 rings (SSSR count). The number of anilines is 1. The average molecular weight is 318 g/mol. The van der Waals surface area contributed by atoms with Gasteiger partial charge in [-0.15, -0.1) is 0 Å². The van der Waals surface area contributed by atoms with E-state index in [2.05, 4.69) is 10.1 Å². The second-order valence-electron chi connectivity index (χ2n) is 4.84. The molecular weight excluding hydrogens is 303 g/mol. The number of benzene rings is 2. The number of carbonyl (C=O) groups excluding carboxylic acids is 1. The maximum atomic E-state index is 13.3. The van der Waals surface area contributed by atoms with Crippen LogP contribution >= 0.6 is 0 Å². The molecule has 0 aliphatic carbocycles. The summed E-state index contributed by atoms with van der Waals surface area (Å²) in [5, 5.41) is 13.9. The smallest absolute Gasteiger partial charge is 0.309 e. The lowest BCUT2D eigenvalue weighted by atomic mass is 10.1. The van der Waals surface area contributed by atoms with Crippen molar-refractivity contribution in [2.24, 2.45) is 0 Å². The first-order valence-electron chi connectivity index (χ1n) is 6.82. The van der Waals surface area contributed by atoms with Crippen molar-refractivity contribution in [3.8, 4) is 0 Å². The minimum absolute atomic E-state index is 0.0930. The third kappa shape index (κ3) is 4.50. The zero-order chi connectivity index (χ0) is 16.8. The van der Waals surface area contributed by atoms with E-state index < -0.39 is 10.7 Å². The van der Waals surface area contributed by atoms with E-state index in [1.807, 2.05) is 0 Å². The fraction of sp³-hybridized carbons (Fsp3) is 0.188. The van der Waals surface area contributed by atoms with Crippen LogP contribution in [0.5, 0.6) is 0 Å². The quantitative estimate of drug-likeness (QED) is 0.503. The number of rotatable bonds is 6.